The molecule has 2 aromatic carbocycles. The highest BCUT2D eigenvalue weighted by molar-refractivity contribution is 5.54. The standard InChI is InChI=1S/C36H44N8O5/c1-4-27(2)44-35(45)42(26-39-44)31-9-7-29(8-10-31)40-19-21-41(22-20-40)30-11-15-33(16-12-30)47-23-34-24-48-36(49-34,25-43-37-17-18-38-43)28-5-13-32(46-3)14-6-28/h5,7-18,26-28,34H,4,6,19-25H2,1-3H3/t27?,28?,34-,36-/m1/s1. The van der Waals surface area contributed by atoms with Gasteiger partial charge in [0, 0.05) is 43.5 Å². The normalized spacial score (nSPS) is 23.0. The number of benzene rings is 2. The summed E-state index contributed by atoms with van der Waals surface area (Å²) in [6.07, 6.45) is 12.3. The molecular formula is C36H44N8O5. The minimum atomic E-state index is -0.899. The number of rotatable bonds is 12. The Morgan fingerprint density at radius 3 is 2.20 bits per heavy atom. The summed E-state index contributed by atoms with van der Waals surface area (Å²) in [5.41, 5.74) is 3.02. The second kappa shape index (κ2) is 14.3. The van der Waals surface area contributed by atoms with E-state index < -0.39 is 5.79 Å². The van der Waals surface area contributed by atoms with Crippen LogP contribution in [0.3, 0.4) is 0 Å². The molecule has 4 aromatic rings. The molecule has 0 amide bonds. The van der Waals surface area contributed by atoms with Crippen molar-refractivity contribution in [2.45, 2.75) is 51.2 Å². The number of aromatic nitrogens is 6. The fraction of sp³-hybridized carbons (Fsp3) is 0.444. The molecule has 7 rings (SSSR count). The van der Waals surface area contributed by atoms with Crippen molar-refractivity contribution in [2.24, 2.45) is 5.92 Å². The summed E-state index contributed by atoms with van der Waals surface area (Å²) in [5, 5.41) is 12.9. The van der Waals surface area contributed by atoms with Crippen LogP contribution in [0.25, 0.3) is 5.69 Å². The monoisotopic (exact) mass is 668 g/mol. The van der Waals surface area contributed by atoms with Crippen LogP contribution in [0.4, 0.5) is 11.4 Å². The molecule has 13 heteroatoms. The van der Waals surface area contributed by atoms with Gasteiger partial charge in [-0.2, -0.15) is 20.1 Å². The van der Waals surface area contributed by atoms with E-state index in [-0.39, 0.29) is 23.8 Å². The molecule has 0 spiro atoms. The summed E-state index contributed by atoms with van der Waals surface area (Å²) in [6.45, 7) is 8.83. The van der Waals surface area contributed by atoms with Crippen LogP contribution in [0.1, 0.15) is 32.7 Å². The molecular weight excluding hydrogens is 624 g/mol. The predicted molar refractivity (Wildman–Crippen MR) is 185 cm³/mol. The average molecular weight is 669 g/mol. The van der Waals surface area contributed by atoms with Gasteiger partial charge in [0.2, 0.25) is 0 Å². The van der Waals surface area contributed by atoms with Gasteiger partial charge in [-0.3, -0.25) is 0 Å². The Kier molecular flexibility index (Phi) is 9.54. The molecule has 4 atom stereocenters. The van der Waals surface area contributed by atoms with Crippen LogP contribution in [0.2, 0.25) is 0 Å². The molecule has 2 saturated heterocycles. The fourth-order valence-electron chi connectivity index (χ4n) is 6.62. The van der Waals surface area contributed by atoms with E-state index in [9.17, 15) is 4.79 Å². The van der Waals surface area contributed by atoms with Crippen molar-refractivity contribution in [3.8, 4) is 11.4 Å². The van der Waals surface area contributed by atoms with Gasteiger partial charge in [0.05, 0.1) is 37.8 Å². The predicted octanol–water partition coefficient (Wildman–Crippen LogP) is 4.22. The van der Waals surface area contributed by atoms with Crippen LogP contribution in [0.5, 0.6) is 5.75 Å². The molecule has 258 valence electrons. The summed E-state index contributed by atoms with van der Waals surface area (Å²) in [4.78, 5) is 19.2. The van der Waals surface area contributed by atoms with Gasteiger partial charge < -0.3 is 28.7 Å². The smallest absolute Gasteiger partial charge is 0.350 e. The first-order chi connectivity index (χ1) is 23.9. The number of piperazine rings is 1. The van der Waals surface area contributed by atoms with Crippen molar-refractivity contribution in [2.75, 3.05) is 56.3 Å². The van der Waals surface area contributed by atoms with Crippen molar-refractivity contribution >= 4 is 11.4 Å². The molecule has 2 fully saturated rings. The van der Waals surface area contributed by atoms with Gasteiger partial charge in [-0.25, -0.2) is 14.0 Å². The molecule has 1 aliphatic carbocycles. The molecule has 0 bridgehead atoms. The third kappa shape index (κ3) is 6.99. The van der Waals surface area contributed by atoms with E-state index in [1.807, 2.05) is 37.3 Å². The Morgan fingerprint density at radius 2 is 1.59 bits per heavy atom. The van der Waals surface area contributed by atoms with Gasteiger partial charge in [-0.05, 0) is 80.4 Å². The zero-order valence-electron chi connectivity index (χ0n) is 28.3. The highest BCUT2D eigenvalue weighted by atomic mass is 16.8. The number of ether oxygens (including phenoxy) is 4. The highest BCUT2D eigenvalue weighted by Crippen LogP contribution is 2.38. The van der Waals surface area contributed by atoms with E-state index in [0.29, 0.717) is 19.8 Å². The number of anilines is 2. The summed E-state index contributed by atoms with van der Waals surface area (Å²) in [7, 11) is 1.67. The van der Waals surface area contributed by atoms with Gasteiger partial charge in [-0.15, -0.1) is 0 Å². The van der Waals surface area contributed by atoms with Gasteiger partial charge in [-0.1, -0.05) is 13.0 Å². The van der Waals surface area contributed by atoms with E-state index in [1.165, 1.54) is 5.69 Å². The zero-order chi connectivity index (χ0) is 33.8. The van der Waals surface area contributed by atoms with Crippen molar-refractivity contribution in [3.05, 3.63) is 102 Å². The molecule has 2 unspecified atom stereocenters. The average Bonchev–Trinajstić information content (AvgIpc) is 3.92. The Labute approximate surface area is 285 Å². The van der Waals surface area contributed by atoms with E-state index in [1.54, 1.807) is 39.9 Å². The minimum absolute atomic E-state index is 0.0158. The van der Waals surface area contributed by atoms with Crippen molar-refractivity contribution < 1.29 is 18.9 Å². The van der Waals surface area contributed by atoms with E-state index in [2.05, 4.69) is 68.4 Å². The molecule has 0 radical (unpaired) electrons. The molecule has 2 aromatic heterocycles. The SMILES string of the molecule is CCC(C)n1ncn(-c2ccc(N3CCN(c4ccc(OC[C@@H]5CO[C@@](Cn6nccn6)(C6C=CC(OC)=CC6)O5)cc4)CC3)cc2)c1=O. The number of methoxy groups -OCH3 is 1. The van der Waals surface area contributed by atoms with Crippen LogP contribution in [-0.2, 0) is 20.8 Å². The Morgan fingerprint density at radius 1 is 0.939 bits per heavy atom. The molecule has 4 heterocycles. The van der Waals surface area contributed by atoms with Crippen LogP contribution in [0, 0.1) is 5.92 Å². The molecule has 49 heavy (non-hydrogen) atoms. The van der Waals surface area contributed by atoms with Crippen molar-refractivity contribution in [1.82, 2.24) is 29.3 Å². The third-order valence-electron chi connectivity index (χ3n) is 9.69. The summed E-state index contributed by atoms with van der Waals surface area (Å²) in [5.74, 6) is 0.706. The number of allylic oxidation sites excluding steroid dienone is 2. The number of hydrogen-bond acceptors (Lipinski definition) is 10. The van der Waals surface area contributed by atoms with Crippen LogP contribution >= 0.6 is 0 Å². The molecule has 3 aliphatic rings. The lowest BCUT2D eigenvalue weighted by atomic mass is 9.91. The largest absolute Gasteiger partial charge is 0.497 e. The summed E-state index contributed by atoms with van der Waals surface area (Å²) >= 11 is 0. The quantitative estimate of drug-likeness (QED) is 0.218. The third-order valence-corrected chi connectivity index (χ3v) is 9.69. The van der Waals surface area contributed by atoms with Gasteiger partial charge in [0.25, 0.3) is 0 Å². The Balaban J connectivity index is 0.908. The lowest BCUT2D eigenvalue weighted by molar-refractivity contribution is -0.208. The molecule has 0 saturated carbocycles. The zero-order valence-corrected chi connectivity index (χ0v) is 28.3. The van der Waals surface area contributed by atoms with E-state index in [0.717, 1.165) is 61.9 Å². The molecule has 2 aliphatic heterocycles. The van der Waals surface area contributed by atoms with Crippen LogP contribution < -0.4 is 20.2 Å². The van der Waals surface area contributed by atoms with E-state index in [4.69, 9.17) is 18.9 Å². The lowest BCUT2D eigenvalue weighted by Gasteiger charge is -2.37. The Hall–Kier alpha value is -4.88. The number of nitrogens with zero attached hydrogens (tertiary/aromatic N) is 8. The first-order valence-electron chi connectivity index (χ1n) is 17.0. The first kappa shape index (κ1) is 32.7. The summed E-state index contributed by atoms with van der Waals surface area (Å²) < 4.78 is 27.6. The maximum atomic E-state index is 12.8. The molecule has 0 N–H and O–H groups in total. The lowest BCUT2D eigenvalue weighted by Crippen LogP contribution is -2.46. The highest BCUT2D eigenvalue weighted by Gasteiger charge is 2.48. The Bertz CT molecular complexity index is 1790. The van der Waals surface area contributed by atoms with Crippen LogP contribution in [0.15, 0.2) is 96.0 Å². The van der Waals surface area contributed by atoms with Gasteiger partial charge in [0.1, 0.15) is 37.1 Å². The summed E-state index contributed by atoms with van der Waals surface area (Å²) in [6, 6.07) is 16.5. The molecule has 13 nitrogen and oxygen atoms in total. The maximum absolute atomic E-state index is 12.8. The van der Waals surface area contributed by atoms with Crippen molar-refractivity contribution in [1.29, 1.82) is 0 Å². The number of hydrogen-bond donors (Lipinski definition) is 0. The fourth-order valence-corrected chi connectivity index (χ4v) is 6.62. The first-order valence-corrected chi connectivity index (χ1v) is 17.0. The van der Waals surface area contributed by atoms with Crippen LogP contribution in [-0.4, -0.2) is 87.7 Å². The van der Waals surface area contributed by atoms with Gasteiger partial charge in [0.15, 0.2) is 5.79 Å². The van der Waals surface area contributed by atoms with Gasteiger partial charge >= 0.3 is 5.69 Å². The second-order valence-corrected chi connectivity index (χ2v) is 12.7. The minimum Gasteiger partial charge on any atom is -0.497 e. The maximum Gasteiger partial charge on any atom is 0.350 e. The van der Waals surface area contributed by atoms with Crippen molar-refractivity contribution in [3.63, 3.8) is 0 Å². The van der Waals surface area contributed by atoms with E-state index >= 15 is 0 Å². The second-order valence-electron chi connectivity index (χ2n) is 12.7. The topological polar surface area (TPSA) is 114 Å².